The van der Waals surface area contributed by atoms with E-state index >= 15 is 0 Å². The fourth-order valence-corrected chi connectivity index (χ4v) is 1.39. The topological polar surface area (TPSA) is 52.6 Å². The first kappa shape index (κ1) is 13.6. The summed E-state index contributed by atoms with van der Waals surface area (Å²) < 4.78 is 23.9. The van der Waals surface area contributed by atoms with Crippen molar-refractivity contribution in [3.63, 3.8) is 0 Å². The van der Waals surface area contributed by atoms with Gasteiger partial charge in [0.1, 0.15) is 0 Å². The van der Waals surface area contributed by atoms with Gasteiger partial charge < -0.3 is 9.80 Å². The minimum absolute atomic E-state index is 0.364. The summed E-state index contributed by atoms with van der Waals surface area (Å²) >= 11 is 5.08. The summed E-state index contributed by atoms with van der Waals surface area (Å²) in [5.74, 6) is 0. The zero-order valence-electron chi connectivity index (χ0n) is 8.94. The predicted molar refractivity (Wildman–Crippen MR) is 61.8 cm³/mol. The first-order valence-corrected chi connectivity index (χ1v) is 6.41. The maximum absolute atomic E-state index is 10.7. The molecule has 0 rings (SSSR count). The molecule has 1 N–H and O–H groups in total. The zero-order valence-corrected chi connectivity index (χ0v) is 10.6. The van der Waals surface area contributed by atoms with Crippen LogP contribution in [-0.2, 0) is 10.0 Å². The van der Waals surface area contributed by atoms with Gasteiger partial charge in [0.25, 0.3) is 0 Å². The predicted octanol–water partition coefficient (Wildman–Crippen LogP) is -0.686. The lowest BCUT2D eigenvalue weighted by Gasteiger charge is -2.24. The average molecular weight is 239 g/mol. The zero-order chi connectivity index (χ0) is 11.4. The number of nitrogens with one attached hydrogen (secondary N) is 1. The van der Waals surface area contributed by atoms with Crippen molar-refractivity contribution in [1.82, 2.24) is 14.5 Å². The highest BCUT2D eigenvalue weighted by Crippen LogP contribution is 1.90. The molecule has 0 unspecified atom stereocenters. The second-order valence-corrected chi connectivity index (χ2v) is 5.46. The molecule has 0 fully saturated rings. The van der Waals surface area contributed by atoms with Crippen LogP contribution >= 0.6 is 12.2 Å². The number of sulfonamides is 1. The molecule has 84 valence electrons. The van der Waals surface area contributed by atoms with Crippen molar-refractivity contribution in [3.8, 4) is 0 Å². The van der Waals surface area contributed by atoms with Gasteiger partial charge in [-0.05, 0) is 12.2 Å². The third kappa shape index (κ3) is 6.11. The van der Waals surface area contributed by atoms with E-state index in [0.29, 0.717) is 18.2 Å². The van der Waals surface area contributed by atoms with E-state index in [2.05, 4.69) is 4.72 Å². The van der Waals surface area contributed by atoms with Crippen molar-refractivity contribution < 1.29 is 8.42 Å². The Morgan fingerprint density at radius 3 is 2.21 bits per heavy atom. The smallest absolute Gasteiger partial charge is 0.208 e. The van der Waals surface area contributed by atoms with E-state index in [4.69, 9.17) is 12.2 Å². The van der Waals surface area contributed by atoms with Gasteiger partial charge in [-0.15, -0.1) is 0 Å². The van der Waals surface area contributed by atoms with E-state index in [-0.39, 0.29) is 0 Å². The van der Waals surface area contributed by atoms with Crippen molar-refractivity contribution in [2.75, 3.05) is 40.5 Å². The number of thiocarbonyl (C=S) groups is 1. The molecular formula is C7H17N3O2S2. The Bertz CT molecular complexity index is 287. The van der Waals surface area contributed by atoms with E-state index in [1.165, 1.54) is 0 Å². The molecule has 7 heteroatoms. The molecule has 0 amide bonds. The van der Waals surface area contributed by atoms with E-state index in [9.17, 15) is 8.42 Å². The second kappa shape index (κ2) is 5.47. The van der Waals surface area contributed by atoms with Crippen LogP contribution in [0.3, 0.4) is 0 Å². The summed E-state index contributed by atoms with van der Waals surface area (Å²) in [6.45, 7) is 0.924. The van der Waals surface area contributed by atoms with Gasteiger partial charge in [0, 0.05) is 34.2 Å². The molecule has 0 radical (unpaired) electrons. The lowest BCUT2D eigenvalue weighted by molar-refractivity contribution is 0.440. The van der Waals surface area contributed by atoms with Gasteiger partial charge in [-0.25, -0.2) is 13.1 Å². The molecule has 0 bridgehead atoms. The number of hydrogen-bond donors (Lipinski definition) is 1. The maximum Gasteiger partial charge on any atom is 0.208 e. The van der Waals surface area contributed by atoms with Gasteiger partial charge in [0.15, 0.2) is 5.11 Å². The molecule has 0 aromatic rings. The number of likely N-dealkylation sites (N-methyl/N-ethyl adjacent to an activating group) is 1. The fourth-order valence-electron chi connectivity index (χ4n) is 0.836. The van der Waals surface area contributed by atoms with Crippen molar-refractivity contribution in [2.24, 2.45) is 0 Å². The molecule has 0 aromatic carbocycles. The summed E-state index contributed by atoms with van der Waals surface area (Å²) in [7, 11) is 2.43. The summed E-state index contributed by atoms with van der Waals surface area (Å²) in [5.41, 5.74) is 0. The third-order valence-electron chi connectivity index (χ3n) is 1.52. The lowest BCUT2D eigenvalue weighted by atomic mass is 10.6. The SMILES string of the molecule is CN(C)C(=S)N(C)CCNS(C)(=O)=O. The highest BCUT2D eigenvalue weighted by Gasteiger charge is 2.06. The summed E-state index contributed by atoms with van der Waals surface area (Å²) in [4.78, 5) is 3.61. The summed E-state index contributed by atoms with van der Waals surface area (Å²) in [5, 5.41) is 0.681. The molecule has 0 saturated carbocycles. The Morgan fingerprint density at radius 2 is 1.86 bits per heavy atom. The van der Waals surface area contributed by atoms with E-state index in [1.807, 2.05) is 26.0 Å². The minimum atomic E-state index is -3.10. The Morgan fingerprint density at radius 1 is 1.36 bits per heavy atom. The van der Waals surface area contributed by atoms with Gasteiger partial charge in [-0.2, -0.15) is 0 Å². The monoisotopic (exact) mass is 239 g/mol. The Labute approximate surface area is 91.1 Å². The number of nitrogens with zero attached hydrogens (tertiary/aromatic N) is 2. The van der Waals surface area contributed by atoms with Crippen molar-refractivity contribution in [1.29, 1.82) is 0 Å². The first-order valence-electron chi connectivity index (χ1n) is 4.11. The molecule has 14 heavy (non-hydrogen) atoms. The van der Waals surface area contributed by atoms with Crippen LogP contribution in [0.1, 0.15) is 0 Å². The first-order chi connectivity index (χ1) is 6.24. The van der Waals surface area contributed by atoms with Crippen LogP contribution in [0.15, 0.2) is 0 Å². The van der Waals surface area contributed by atoms with Crippen LogP contribution in [-0.4, -0.2) is 63.8 Å². The second-order valence-electron chi connectivity index (χ2n) is 3.27. The highest BCUT2D eigenvalue weighted by molar-refractivity contribution is 7.88. The fraction of sp³-hybridized carbons (Fsp3) is 0.857. The molecule has 0 aromatic heterocycles. The number of rotatable bonds is 4. The van der Waals surface area contributed by atoms with Gasteiger partial charge in [0.2, 0.25) is 10.0 Å². The van der Waals surface area contributed by atoms with Crippen LogP contribution in [0.5, 0.6) is 0 Å². The minimum Gasteiger partial charge on any atom is -0.355 e. The maximum atomic E-state index is 10.7. The molecule has 0 heterocycles. The third-order valence-corrected chi connectivity index (χ3v) is 2.93. The van der Waals surface area contributed by atoms with Crippen molar-refractivity contribution in [3.05, 3.63) is 0 Å². The van der Waals surface area contributed by atoms with Crippen LogP contribution in [0, 0.1) is 0 Å². The standard InChI is InChI=1S/C7H17N3O2S2/c1-9(2)7(13)10(3)6-5-8-14(4,11)12/h8H,5-6H2,1-4H3. The van der Waals surface area contributed by atoms with Crippen LogP contribution < -0.4 is 4.72 Å². The number of hydrogen-bond acceptors (Lipinski definition) is 3. The van der Waals surface area contributed by atoms with Gasteiger partial charge in [-0.3, -0.25) is 0 Å². The quantitative estimate of drug-likeness (QED) is 0.658. The summed E-state index contributed by atoms with van der Waals surface area (Å²) in [6, 6.07) is 0. The molecule has 0 spiro atoms. The van der Waals surface area contributed by atoms with Crippen molar-refractivity contribution in [2.45, 2.75) is 0 Å². The van der Waals surface area contributed by atoms with Crippen LogP contribution in [0.2, 0.25) is 0 Å². The molecular weight excluding hydrogens is 222 g/mol. The van der Waals surface area contributed by atoms with Gasteiger partial charge in [-0.1, -0.05) is 0 Å². The van der Waals surface area contributed by atoms with E-state index in [0.717, 1.165) is 6.26 Å². The molecule has 0 atom stereocenters. The Hall–Kier alpha value is -0.400. The molecule has 5 nitrogen and oxygen atoms in total. The Balaban J connectivity index is 3.86. The Kier molecular flexibility index (Phi) is 5.32. The molecule has 0 aliphatic heterocycles. The molecule has 0 aliphatic rings. The van der Waals surface area contributed by atoms with Gasteiger partial charge >= 0.3 is 0 Å². The van der Waals surface area contributed by atoms with Crippen molar-refractivity contribution >= 4 is 27.4 Å². The molecule has 0 saturated heterocycles. The van der Waals surface area contributed by atoms with Crippen LogP contribution in [0.4, 0.5) is 0 Å². The normalized spacial score (nSPS) is 11.1. The lowest BCUT2D eigenvalue weighted by Crippen LogP contribution is -2.40. The van der Waals surface area contributed by atoms with Gasteiger partial charge in [0.05, 0.1) is 6.26 Å². The average Bonchev–Trinajstić information content (AvgIpc) is 2.00. The van der Waals surface area contributed by atoms with Crippen LogP contribution in [0.25, 0.3) is 0 Å². The van der Waals surface area contributed by atoms with E-state index < -0.39 is 10.0 Å². The summed E-state index contributed by atoms with van der Waals surface area (Å²) in [6.07, 6.45) is 1.14. The molecule has 0 aliphatic carbocycles. The largest absolute Gasteiger partial charge is 0.355 e. The highest BCUT2D eigenvalue weighted by atomic mass is 32.2. The van der Waals surface area contributed by atoms with E-state index in [1.54, 1.807) is 4.90 Å².